The second kappa shape index (κ2) is 9.94. The molecule has 11 heteroatoms. The Hall–Kier alpha value is -2.21. The maximum Gasteiger partial charge on any atom is 0.322 e. The van der Waals surface area contributed by atoms with E-state index in [0.717, 1.165) is 10.6 Å². The Kier molecular flexibility index (Phi) is 7.06. The molecule has 0 saturated carbocycles. The molecule has 4 rings (SSSR count). The van der Waals surface area contributed by atoms with Gasteiger partial charge in [-0.3, -0.25) is 10.1 Å². The summed E-state index contributed by atoms with van der Waals surface area (Å²) in [6, 6.07) is 13.4. The van der Waals surface area contributed by atoms with Gasteiger partial charge in [0.1, 0.15) is 4.21 Å². The van der Waals surface area contributed by atoms with Gasteiger partial charge in [0.2, 0.25) is 11.8 Å². The number of hydrogen-bond donors (Lipinski definition) is 1. The highest BCUT2D eigenvalue weighted by Crippen LogP contribution is 2.27. The minimum atomic E-state index is -3.57. The Labute approximate surface area is 189 Å². The molecule has 3 heterocycles. The average Bonchev–Trinajstić information content (AvgIpc) is 3.47. The number of aromatic nitrogens is 2. The van der Waals surface area contributed by atoms with E-state index < -0.39 is 15.9 Å². The Morgan fingerprint density at radius 2 is 2.06 bits per heavy atom. The molecule has 8 nitrogen and oxygen atoms in total. The first-order valence-corrected chi connectivity index (χ1v) is 13.2. The lowest BCUT2D eigenvalue weighted by molar-refractivity contribution is -0.121. The summed E-state index contributed by atoms with van der Waals surface area (Å²) in [6.07, 6.45) is 1.81. The van der Waals surface area contributed by atoms with Crippen molar-refractivity contribution in [3.05, 3.63) is 53.7 Å². The first-order chi connectivity index (χ1) is 15.0. The van der Waals surface area contributed by atoms with Gasteiger partial charge in [-0.05, 0) is 36.4 Å². The fraction of sp³-hybridized carbons (Fsp3) is 0.350. The van der Waals surface area contributed by atoms with Crippen molar-refractivity contribution in [3.63, 3.8) is 0 Å². The van der Waals surface area contributed by atoms with E-state index >= 15 is 0 Å². The molecular weight excluding hydrogens is 456 g/mol. The van der Waals surface area contributed by atoms with Crippen molar-refractivity contribution in [2.45, 2.75) is 28.4 Å². The van der Waals surface area contributed by atoms with Gasteiger partial charge in [0.25, 0.3) is 10.0 Å². The van der Waals surface area contributed by atoms with Gasteiger partial charge in [0, 0.05) is 30.2 Å². The normalized spacial score (nSPS) is 17.5. The lowest BCUT2D eigenvalue weighted by Gasteiger charge is -2.30. The summed E-state index contributed by atoms with van der Waals surface area (Å²) in [7, 11) is -3.57. The van der Waals surface area contributed by atoms with Crippen molar-refractivity contribution in [2.75, 3.05) is 24.2 Å². The zero-order valence-corrected chi connectivity index (χ0v) is 19.1. The topological polar surface area (TPSA) is 105 Å². The van der Waals surface area contributed by atoms with Crippen LogP contribution < -0.4 is 5.32 Å². The molecule has 1 N–H and O–H groups in total. The van der Waals surface area contributed by atoms with E-state index in [1.54, 1.807) is 29.3 Å². The molecule has 1 aromatic carbocycles. The van der Waals surface area contributed by atoms with Crippen LogP contribution in [0, 0.1) is 5.92 Å². The number of aryl methyl sites for hydroxylation is 1. The van der Waals surface area contributed by atoms with E-state index in [9.17, 15) is 13.2 Å². The van der Waals surface area contributed by atoms with Crippen molar-refractivity contribution in [2.24, 2.45) is 5.92 Å². The van der Waals surface area contributed by atoms with Crippen LogP contribution in [0.2, 0.25) is 0 Å². The van der Waals surface area contributed by atoms with E-state index in [-0.39, 0.29) is 18.5 Å². The van der Waals surface area contributed by atoms with Gasteiger partial charge < -0.3 is 4.42 Å². The largest absolute Gasteiger partial charge is 0.408 e. The zero-order valence-electron chi connectivity index (χ0n) is 16.6. The van der Waals surface area contributed by atoms with Gasteiger partial charge in [0.05, 0.1) is 5.92 Å². The molecule has 0 radical (unpaired) electrons. The minimum absolute atomic E-state index is 0.0444. The van der Waals surface area contributed by atoms with Crippen LogP contribution in [-0.2, 0) is 21.2 Å². The molecule has 1 fully saturated rings. The first kappa shape index (κ1) is 22.0. The van der Waals surface area contributed by atoms with Gasteiger partial charge in [-0.1, -0.05) is 29.4 Å². The average molecular weight is 479 g/mol. The molecule has 1 saturated heterocycles. The summed E-state index contributed by atoms with van der Waals surface area (Å²) < 4.78 is 32.7. The number of carbonyl (C=O) groups is 1. The highest BCUT2D eigenvalue weighted by Gasteiger charge is 2.34. The fourth-order valence-electron chi connectivity index (χ4n) is 3.30. The fourth-order valence-corrected chi connectivity index (χ4v) is 6.83. The number of hydrogen-bond acceptors (Lipinski definition) is 8. The van der Waals surface area contributed by atoms with Gasteiger partial charge in [-0.15, -0.1) is 28.2 Å². The van der Waals surface area contributed by atoms with E-state index in [4.69, 9.17) is 4.42 Å². The molecule has 1 aliphatic rings. The Balaban J connectivity index is 1.30. The lowest BCUT2D eigenvalue weighted by atomic mass is 9.99. The number of benzene rings is 1. The minimum Gasteiger partial charge on any atom is -0.408 e. The van der Waals surface area contributed by atoms with Crippen molar-refractivity contribution < 1.29 is 17.6 Å². The molecule has 2 aromatic heterocycles. The van der Waals surface area contributed by atoms with Crippen LogP contribution >= 0.6 is 23.1 Å². The van der Waals surface area contributed by atoms with Crippen LogP contribution in [0.15, 0.2) is 61.4 Å². The smallest absolute Gasteiger partial charge is 0.322 e. The van der Waals surface area contributed by atoms with Crippen molar-refractivity contribution in [3.8, 4) is 0 Å². The predicted octanol–water partition coefficient (Wildman–Crippen LogP) is 3.51. The third-order valence-electron chi connectivity index (χ3n) is 4.87. The number of thiophene rings is 1. The summed E-state index contributed by atoms with van der Waals surface area (Å²) in [6.45, 7) is 0.550. The van der Waals surface area contributed by atoms with Crippen molar-refractivity contribution >= 4 is 45.0 Å². The molecule has 31 heavy (non-hydrogen) atoms. The third-order valence-corrected chi connectivity index (χ3v) is 9.12. The van der Waals surface area contributed by atoms with Crippen molar-refractivity contribution in [1.29, 1.82) is 0 Å². The van der Waals surface area contributed by atoms with Crippen LogP contribution in [0.3, 0.4) is 0 Å². The highest BCUT2D eigenvalue weighted by atomic mass is 32.2. The van der Waals surface area contributed by atoms with Crippen molar-refractivity contribution in [1.82, 2.24) is 14.5 Å². The Bertz CT molecular complexity index is 1100. The number of nitrogens with one attached hydrogen (secondary N) is 1. The summed E-state index contributed by atoms with van der Waals surface area (Å²) in [5.74, 6) is 0.453. The number of nitrogens with zero attached hydrogens (tertiary/aromatic N) is 3. The monoisotopic (exact) mass is 478 g/mol. The molecule has 1 atom stereocenters. The quantitative estimate of drug-likeness (QED) is 0.494. The zero-order chi connectivity index (χ0) is 21.7. The molecule has 0 aliphatic carbocycles. The van der Waals surface area contributed by atoms with E-state index in [2.05, 4.69) is 15.5 Å². The first-order valence-electron chi connectivity index (χ1n) is 9.87. The Morgan fingerprint density at radius 1 is 1.23 bits per heavy atom. The number of sulfonamides is 1. The third kappa shape index (κ3) is 5.53. The van der Waals surface area contributed by atoms with Gasteiger partial charge in [-0.2, -0.15) is 4.31 Å². The number of piperidine rings is 1. The Morgan fingerprint density at radius 3 is 2.84 bits per heavy atom. The summed E-state index contributed by atoms with van der Waals surface area (Å²) in [5.41, 5.74) is 0. The molecule has 1 unspecified atom stereocenters. The predicted molar refractivity (Wildman–Crippen MR) is 120 cm³/mol. The van der Waals surface area contributed by atoms with Crippen LogP contribution in [-0.4, -0.2) is 47.7 Å². The SMILES string of the molecule is O=C(Nc1nnc(CCSc2ccccc2)o1)C1CCCN(S(=O)(=O)c2cccs2)C1. The molecule has 164 valence electrons. The van der Waals surface area contributed by atoms with E-state index in [0.29, 0.717) is 35.9 Å². The molecule has 3 aromatic rings. The molecular formula is C20H22N4O4S3. The van der Waals surface area contributed by atoms with Crippen LogP contribution in [0.25, 0.3) is 0 Å². The van der Waals surface area contributed by atoms with E-state index in [1.165, 1.54) is 15.6 Å². The summed E-state index contributed by atoms with van der Waals surface area (Å²) >= 11 is 2.86. The molecule has 0 spiro atoms. The maximum atomic E-state index is 12.7. The highest BCUT2D eigenvalue weighted by molar-refractivity contribution is 7.99. The van der Waals surface area contributed by atoms with Crippen LogP contribution in [0.5, 0.6) is 0 Å². The second-order valence-corrected chi connectivity index (χ2v) is 11.3. The lowest BCUT2D eigenvalue weighted by Crippen LogP contribution is -2.43. The number of amides is 1. The van der Waals surface area contributed by atoms with Gasteiger partial charge in [0.15, 0.2) is 0 Å². The summed E-state index contributed by atoms with van der Waals surface area (Å²) in [4.78, 5) is 13.8. The molecule has 1 amide bonds. The van der Waals surface area contributed by atoms with E-state index in [1.807, 2.05) is 30.3 Å². The number of anilines is 1. The standard InChI is InChI=1S/C20H22N4O4S3/c25-19(15-6-4-11-24(14-15)31(26,27)18-9-5-12-30-18)21-20-23-22-17(28-20)10-13-29-16-7-2-1-3-8-16/h1-3,5,7-9,12,15H,4,6,10-11,13-14H2,(H,21,23,25). The number of carbonyl (C=O) groups excluding carboxylic acids is 1. The van der Waals surface area contributed by atoms with Gasteiger partial charge in [-0.25, -0.2) is 8.42 Å². The molecule has 1 aliphatic heterocycles. The number of thioether (sulfide) groups is 1. The maximum absolute atomic E-state index is 12.7. The van der Waals surface area contributed by atoms with Gasteiger partial charge >= 0.3 is 6.01 Å². The number of rotatable bonds is 8. The molecule has 0 bridgehead atoms. The van der Waals surface area contributed by atoms with Crippen LogP contribution in [0.1, 0.15) is 18.7 Å². The summed E-state index contributed by atoms with van der Waals surface area (Å²) in [5, 5.41) is 12.3. The second-order valence-electron chi connectivity index (χ2n) is 7.04. The van der Waals surface area contributed by atoms with Crippen LogP contribution in [0.4, 0.5) is 6.01 Å².